The van der Waals surface area contributed by atoms with Gasteiger partial charge in [0.05, 0.1) is 43.9 Å². The Bertz CT molecular complexity index is 3540. The highest BCUT2D eigenvalue weighted by Gasteiger charge is 2.34. The summed E-state index contributed by atoms with van der Waals surface area (Å²) in [6.07, 6.45) is -19.6. The monoisotopic (exact) mass is 1350 g/mol. The van der Waals surface area contributed by atoms with Gasteiger partial charge in [-0.25, -0.2) is 39.9 Å². The van der Waals surface area contributed by atoms with Crippen LogP contribution < -0.4 is 42.5 Å². The van der Waals surface area contributed by atoms with Crippen LogP contribution in [0.5, 0.6) is 0 Å². The molecule has 0 bridgehead atoms. The van der Waals surface area contributed by atoms with Crippen molar-refractivity contribution in [1.29, 1.82) is 5.26 Å². The van der Waals surface area contributed by atoms with E-state index in [1.54, 1.807) is 19.1 Å². The summed E-state index contributed by atoms with van der Waals surface area (Å²) in [6, 6.07) is 20.7. The molecular formula is C56H50F18N18O2. The van der Waals surface area contributed by atoms with Crippen molar-refractivity contribution in [3.8, 4) is 6.07 Å². The molecule has 0 radical (unpaired) electrons. The van der Waals surface area contributed by atoms with Gasteiger partial charge in [0.15, 0.2) is 0 Å². The van der Waals surface area contributed by atoms with Crippen LogP contribution in [0.2, 0.25) is 0 Å². The topological polar surface area (TPSA) is 266 Å². The van der Waals surface area contributed by atoms with Crippen LogP contribution in [0.25, 0.3) is 0 Å². The lowest BCUT2D eigenvalue weighted by Crippen LogP contribution is -2.25. The van der Waals surface area contributed by atoms with Crippen LogP contribution in [0, 0.1) is 21.4 Å². The molecule has 8 aromatic rings. The molecule has 0 aliphatic rings. The van der Waals surface area contributed by atoms with Crippen molar-refractivity contribution >= 4 is 52.2 Å². The molecule has 38 heteroatoms. The lowest BCUT2D eigenvalue weighted by molar-refractivity contribution is -0.385. The number of nitro groups is 1. The molecular weight excluding hydrogens is 1300 g/mol. The fourth-order valence-corrected chi connectivity index (χ4v) is 6.85. The van der Waals surface area contributed by atoms with Crippen LogP contribution in [0.3, 0.4) is 0 Å². The molecule has 0 aliphatic carbocycles. The number of pyridine rings is 8. The third-order valence-corrected chi connectivity index (χ3v) is 11.6. The number of hydrogen-bond donors (Lipinski definition) is 8. The highest BCUT2D eigenvalue weighted by molar-refractivity contribution is 5.44. The average molecular weight is 1350 g/mol. The molecule has 0 aromatic carbocycles. The SMILES string of the molecule is CC(CNc1ccc(C(F)(F)F)cn1)Nc1ccc(C(F)(F)F)cn1.FC(F)(F)c1ccc(NCCNc2ccc(C(F)(F)F)cn2)nc1.N#Cc1ccc(NCCNc2ccc(C(F)(F)F)cn2)nc1.O=[N+]([O-])c1ccc(NCCNc2ccc(C(F)(F)F)cn2)nc1. The number of rotatable bonds is 21. The quantitative estimate of drug-likeness (QED) is 0.0144. The molecule has 94 heavy (non-hydrogen) atoms. The summed E-state index contributed by atoms with van der Waals surface area (Å²) in [5.41, 5.74) is -4.62. The first kappa shape index (κ1) is 74.0. The number of nitriles is 1. The Morgan fingerprint density at radius 1 is 0.362 bits per heavy atom. The number of halogens is 18. The average Bonchev–Trinajstić information content (AvgIpc) is 0.973. The smallest absolute Gasteiger partial charge is 0.368 e. The molecule has 0 saturated heterocycles. The van der Waals surface area contributed by atoms with Gasteiger partial charge >= 0.3 is 37.1 Å². The number of anilines is 8. The summed E-state index contributed by atoms with van der Waals surface area (Å²) in [6.45, 7) is 4.35. The molecule has 20 nitrogen and oxygen atoms in total. The zero-order valence-corrected chi connectivity index (χ0v) is 48.0. The maximum atomic E-state index is 12.4. The van der Waals surface area contributed by atoms with Gasteiger partial charge in [-0.15, -0.1) is 0 Å². The second-order valence-corrected chi connectivity index (χ2v) is 18.8. The van der Waals surface area contributed by atoms with Gasteiger partial charge in [-0.1, -0.05) is 0 Å². The van der Waals surface area contributed by atoms with Gasteiger partial charge in [0.2, 0.25) is 0 Å². The largest absolute Gasteiger partial charge is 0.417 e. The molecule has 8 heterocycles. The minimum absolute atomic E-state index is 0.109. The first-order chi connectivity index (χ1) is 44.1. The Labute approximate surface area is 520 Å². The molecule has 0 saturated carbocycles. The fraction of sp³-hybridized carbons (Fsp3) is 0.268. The summed E-state index contributed by atoms with van der Waals surface area (Å²) >= 11 is 0. The number of nitrogens with zero attached hydrogens (tertiary/aromatic N) is 10. The molecule has 8 N–H and O–H groups in total. The van der Waals surface area contributed by atoms with Crippen molar-refractivity contribution in [2.24, 2.45) is 0 Å². The standard InChI is InChI=1S/C15H14F6N4.C14H12F6N4.C14H12F3N5.C13H12F3N5O2/c1-9(25-13-5-3-11(8-24-13)15(19,20)21)6-22-12-4-2-10(7-23-12)14(16,17)18;15-13(16,17)9-1-3-11(23-7-9)21-5-6-22-12-4-2-10(8-24-12)14(18,19)20;15-14(16,17)11-2-4-13(22-9-11)20-6-5-19-12-3-1-10(7-18)8-21-12;14-13(15,16)9-1-3-11(19-7-9)17-5-6-18-12-4-2-10(8-20-12)21(22)23/h2-5,7-9H,6H2,1H3,(H,22,23)(H,24,25);1-4,7-8H,5-6H2,(H,21,23)(H,22,24);1-4,8-9H,5-6H2,(H,19,21)(H,20,22);1-4,7-8H,5-6H2,(H,17,19)(H,18,20). The van der Waals surface area contributed by atoms with E-state index in [0.717, 1.165) is 67.4 Å². The van der Waals surface area contributed by atoms with Gasteiger partial charge in [-0.2, -0.15) is 84.3 Å². The Balaban J connectivity index is 0.000000227. The third-order valence-electron chi connectivity index (χ3n) is 11.6. The molecule has 1 unspecified atom stereocenters. The molecule has 0 amide bonds. The third kappa shape index (κ3) is 26.2. The summed E-state index contributed by atoms with van der Waals surface area (Å²) in [5, 5.41) is 42.0. The van der Waals surface area contributed by atoms with Gasteiger partial charge < -0.3 is 42.5 Å². The van der Waals surface area contributed by atoms with E-state index in [1.807, 2.05) is 6.07 Å². The highest BCUT2D eigenvalue weighted by atomic mass is 19.4. The van der Waals surface area contributed by atoms with Gasteiger partial charge in [-0.05, 0) is 97.9 Å². The zero-order chi connectivity index (χ0) is 69.3. The Morgan fingerprint density at radius 3 is 0.798 bits per heavy atom. The van der Waals surface area contributed by atoms with E-state index in [0.29, 0.717) is 80.5 Å². The van der Waals surface area contributed by atoms with Gasteiger partial charge in [0.25, 0.3) is 5.69 Å². The summed E-state index contributed by atoms with van der Waals surface area (Å²) < 4.78 is 223. The van der Waals surface area contributed by atoms with Crippen molar-refractivity contribution in [2.75, 3.05) is 88.3 Å². The second kappa shape index (κ2) is 33.5. The van der Waals surface area contributed by atoms with Crippen molar-refractivity contribution in [3.05, 3.63) is 196 Å². The summed E-state index contributed by atoms with van der Waals surface area (Å²) in [5.74, 6) is 2.76. The van der Waals surface area contributed by atoms with E-state index in [9.17, 15) is 89.1 Å². The molecule has 1 atom stereocenters. The first-order valence-electron chi connectivity index (χ1n) is 26.7. The summed E-state index contributed by atoms with van der Waals surface area (Å²) in [4.78, 5) is 39.8. The maximum absolute atomic E-state index is 12.4. The minimum Gasteiger partial charge on any atom is -0.368 e. The van der Waals surface area contributed by atoms with E-state index in [1.165, 1.54) is 54.7 Å². The van der Waals surface area contributed by atoms with Crippen molar-refractivity contribution in [3.63, 3.8) is 0 Å². The molecule has 0 fully saturated rings. The Kier molecular flexibility index (Phi) is 26.4. The molecule has 0 spiro atoms. The van der Waals surface area contributed by atoms with E-state index < -0.39 is 75.4 Å². The number of alkyl halides is 18. The lowest BCUT2D eigenvalue weighted by Gasteiger charge is -2.16. The summed E-state index contributed by atoms with van der Waals surface area (Å²) in [7, 11) is 0. The van der Waals surface area contributed by atoms with E-state index in [4.69, 9.17) is 5.26 Å². The van der Waals surface area contributed by atoms with Gasteiger partial charge in [-0.3, -0.25) is 10.1 Å². The predicted molar refractivity (Wildman–Crippen MR) is 308 cm³/mol. The van der Waals surface area contributed by atoms with Crippen molar-refractivity contribution < 1.29 is 84.0 Å². The lowest BCUT2D eigenvalue weighted by atomic mass is 10.2. The van der Waals surface area contributed by atoms with Crippen molar-refractivity contribution in [2.45, 2.75) is 50.0 Å². The molecule has 8 rings (SSSR count). The van der Waals surface area contributed by atoms with Crippen LogP contribution in [-0.4, -0.2) is 96.7 Å². The first-order valence-corrected chi connectivity index (χ1v) is 26.7. The maximum Gasteiger partial charge on any atom is 0.417 e. The normalized spacial score (nSPS) is 11.9. The Morgan fingerprint density at radius 2 is 0.596 bits per heavy atom. The predicted octanol–water partition coefficient (Wildman–Crippen LogP) is 14.3. The van der Waals surface area contributed by atoms with Gasteiger partial charge in [0, 0.05) is 101 Å². The van der Waals surface area contributed by atoms with Crippen LogP contribution >= 0.6 is 0 Å². The fourth-order valence-electron chi connectivity index (χ4n) is 6.85. The molecule has 8 aromatic heterocycles. The van der Waals surface area contributed by atoms with E-state index in [2.05, 4.69) is 82.4 Å². The zero-order valence-electron chi connectivity index (χ0n) is 48.0. The minimum atomic E-state index is -4.45. The number of aromatic nitrogens is 8. The second-order valence-electron chi connectivity index (χ2n) is 18.8. The molecule has 502 valence electrons. The van der Waals surface area contributed by atoms with Crippen LogP contribution in [0.15, 0.2) is 147 Å². The van der Waals surface area contributed by atoms with Crippen LogP contribution in [0.1, 0.15) is 45.9 Å². The highest BCUT2D eigenvalue weighted by Crippen LogP contribution is 2.33. The van der Waals surface area contributed by atoms with Crippen molar-refractivity contribution in [1.82, 2.24) is 39.9 Å². The van der Waals surface area contributed by atoms with E-state index >= 15 is 0 Å². The Hall–Kier alpha value is -10.8. The number of nitrogens with one attached hydrogen (secondary N) is 8. The molecule has 0 aliphatic heterocycles. The van der Waals surface area contributed by atoms with Crippen LogP contribution in [-0.2, 0) is 37.1 Å². The number of hydrogen-bond acceptors (Lipinski definition) is 19. The van der Waals surface area contributed by atoms with E-state index in [-0.39, 0.29) is 41.5 Å². The van der Waals surface area contributed by atoms with Crippen LogP contribution in [0.4, 0.5) is 131 Å². The van der Waals surface area contributed by atoms with Gasteiger partial charge in [0.1, 0.15) is 58.8 Å².